The van der Waals surface area contributed by atoms with Crippen LogP contribution in [0.25, 0.3) is 0 Å². The van der Waals surface area contributed by atoms with Gasteiger partial charge in [-0.25, -0.2) is 8.42 Å². The molecule has 0 atom stereocenters. The van der Waals surface area contributed by atoms with Crippen molar-refractivity contribution < 1.29 is 13.2 Å². The molecule has 2 aromatic rings. The third kappa shape index (κ3) is 3.91. The number of nitrogens with zero attached hydrogens (tertiary/aromatic N) is 3. The highest BCUT2D eigenvalue weighted by Crippen LogP contribution is 2.24. The summed E-state index contributed by atoms with van der Waals surface area (Å²) in [5.74, 6) is 0.208. The zero-order valence-corrected chi connectivity index (χ0v) is 15.2. The van der Waals surface area contributed by atoms with E-state index in [1.165, 1.54) is 4.31 Å². The van der Waals surface area contributed by atoms with E-state index in [-0.39, 0.29) is 11.8 Å². The van der Waals surface area contributed by atoms with Crippen LogP contribution in [0, 0.1) is 12.8 Å². The molecular weight excluding hydrogens is 340 g/mol. The number of aryl methyl sites for hydroxylation is 2. The van der Waals surface area contributed by atoms with Crippen molar-refractivity contribution >= 4 is 21.7 Å². The van der Waals surface area contributed by atoms with Crippen LogP contribution in [-0.4, -0.2) is 41.5 Å². The average molecular weight is 362 g/mol. The lowest BCUT2D eigenvalue weighted by Crippen LogP contribution is -2.41. The summed E-state index contributed by atoms with van der Waals surface area (Å²) in [5.41, 5.74) is 1.02. The first-order valence-corrected chi connectivity index (χ1v) is 9.67. The Morgan fingerprint density at radius 3 is 2.36 bits per heavy atom. The van der Waals surface area contributed by atoms with E-state index in [2.05, 4.69) is 10.4 Å². The van der Waals surface area contributed by atoms with E-state index in [0.29, 0.717) is 36.6 Å². The summed E-state index contributed by atoms with van der Waals surface area (Å²) in [4.78, 5) is 12.6. The van der Waals surface area contributed by atoms with Crippen LogP contribution in [0.4, 0.5) is 5.82 Å². The van der Waals surface area contributed by atoms with Crippen LogP contribution in [0.3, 0.4) is 0 Å². The van der Waals surface area contributed by atoms with Crippen LogP contribution in [0.15, 0.2) is 41.4 Å². The second kappa shape index (κ2) is 6.97. The van der Waals surface area contributed by atoms with Gasteiger partial charge >= 0.3 is 0 Å². The molecule has 1 aliphatic heterocycles. The van der Waals surface area contributed by atoms with Crippen LogP contribution >= 0.6 is 0 Å². The number of aromatic nitrogens is 2. The predicted octanol–water partition coefficient (Wildman–Crippen LogP) is 1.77. The van der Waals surface area contributed by atoms with Crippen LogP contribution in [-0.2, 0) is 21.9 Å². The van der Waals surface area contributed by atoms with Gasteiger partial charge in [-0.05, 0) is 31.9 Å². The van der Waals surface area contributed by atoms with Gasteiger partial charge in [-0.15, -0.1) is 0 Å². The lowest BCUT2D eigenvalue weighted by molar-refractivity contribution is -0.120. The third-order valence-electron chi connectivity index (χ3n) is 4.45. The number of nitrogens with one attached hydrogen (secondary N) is 1. The second-order valence-electron chi connectivity index (χ2n) is 6.36. The Kier molecular flexibility index (Phi) is 4.91. The fourth-order valence-corrected chi connectivity index (χ4v) is 4.40. The van der Waals surface area contributed by atoms with Gasteiger partial charge in [-0.2, -0.15) is 9.40 Å². The molecule has 0 unspecified atom stereocenters. The molecule has 0 spiro atoms. The van der Waals surface area contributed by atoms with Crippen LogP contribution in [0.1, 0.15) is 18.4 Å². The molecule has 3 rings (SSSR count). The van der Waals surface area contributed by atoms with Crippen LogP contribution < -0.4 is 5.32 Å². The number of benzene rings is 1. The summed E-state index contributed by atoms with van der Waals surface area (Å²) >= 11 is 0. The molecule has 0 aliphatic carbocycles. The van der Waals surface area contributed by atoms with E-state index < -0.39 is 10.0 Å². The first-order chi connectivity index (χ1) is 11.9. The Morgan fingerprint density at radius 2 is 1.80 bits per heavy atom. The Morgan fingerprint density at radius 1 is 1.16 bits per heavy atom. The first kappa shape index (κ1) is 17.6. The van der Waals surface area contributed by atoms with Crippen molar-refractivity contribution in [3.8, 4) is 0 Å². The Labute approximate surface area is 147 Å². The molecule has 0 bridgehead atoms. The van der Waals surface area contributed by atoms with Crippen molar-refractivity contribution in [2.75, 3.05) is 18.4 Å². The summed E-state index contributed by atoms with van der Waals surface area (Å²) < 4.78 is 28.4. The number of anilines is 1. The molecule has 1 saturated heterocycles. The average Bonchev–Trinajstić information content (AvgIpc) is 3.00. The SMILES string of the molecule is Cc1ccc(S(=O)(=O)N2CCC(C(=O)Nc3ccn(C)n3)CC2)cc1. The maximum atomic E-state index is 12.7. The van der Waals surface area contributed by atoms with Crippen molar-refractivity contribution in [1.29, 1.82) is 0 Å². The Hall–Kier alpha value is -2.19. The minimum absolute atomic E-state index is 0.105. The minimum Gasteiger partial charge on any atom is -0.309 e. The topological polar surface area (TPSA) is 84.3 Å². The van der Waals surface area contributed by atoms with Gasteiger partial charge in [0.2, 0.25) is 15.9 Å². The molecule has 1 aliphatic rings. The van der Waals surface area contributed by atoms with E-state index in [0.717, 1.165) is 5.56 Å². The standard InChI is InChI=1S/C17H22N4O3S/c1-13-3-5-15(6-4-13)25(23,24)21-11-7-14(8-12-21)17(22)18-16-9-10-20(2)19-16/h3-6,9-10,14H,7-8,11-12H2,1-2H3,(H,18,19,22). The normalized spacial score (nSPS) is 16.7. The molecular formula is C17H22N4O3S. The van der Waals surface area contributed by atoms with Gasteiger partial charge in [-0.1, -0.05) is 17.7 Å². The lowest BCUT2D eigenvalue weighted by atomic mass is 9.97. The zero-order chi connectivity index (χ0) is 18.0. The van der Waals surface area contributed by atoms with Crippen molar-refractivity contribution in [3.63, 3.8) is 0 Å². The fraction of sp³-hybridized carbons (Fsp3) is 0.412. The molecule has 7 nitrogen and oxygen atoms in total. The summed E-state index contributed by atoms with van der Waals surface area (Å²) in [6.45, 7) is 2.61. The zero-order valence-electron chi connectivity index (χ0n) is 14.3. The molecule has 25 heavy (non-hydrogen) atoms. The van der Waals surface area contributed by atoms with Crippen LogP contribution in [0.5, 0.6) is 0 Å². The van der Waals surface area contributed by atoms with E-state index in [4.69, 9.17) is 0 Å². The molecule has 1 amide bonds. The molecule has 8 heteroatoms. The van der Waals surface area contributed by atoms with Crippen molar-refractivity contribution in [1.82, 2.24) is 14.1 Å². The largest absolute Gasteiger partial charge is 0.309 e. The number of carbonyl (C=O) groups excluding carboxylic acids is 1. The smallest absolute Gasteiger partial charge is 0.243 e. The number of rotatable bonds is 4. The quantitative estimate of drug-likeness (QED) is 0.898. The van der Waals surface area contributed by atoms with Gasteiger partial charge in [0.1, 0.15) is 0 Å². The summed E-state index contributed by atoms with van der Waals surface area (Å²) in [6.07, 6.45) is 2.76. The van der Waals surface area contributed by atoms with E-state index in [9.17, 15) is 13.2 Å². The highest BCUT2D eigenvalue weighted by atomic mass is 32.2. The number of hydrogen-bond donors (Lipinski definition) is 1. The fourth-order valence-electron chi connectivity index (χ4n) is 2.93. The number of sulfonamides is 1. The highest BCUT2D eigenvalue weighted by Gasteiger charge is 2.32. The summed E-state index contributed by atoms with van der Waals surface area (Å²) in [5, 5.41) is 6.91. The van der Waals surface area contributed by atoms with E-state index in [1.807, 2.05) is 6.92 Å². The summed E-state index contributed by atoms with van der Waals surface area (Å²) in [6, 6.07) is 8.57. The highest BCUT2D eigenvalue weighted by molar-refractivity contribution is 7.89. The molecule has 1 N–H and O–H groups in total. The predicted molar refractivity (Wildman–Crippen MR) is 94.5 cm³/mol. The molecule has 134 valence electrons. The van der Waals surface area contributed by atoms with Gasteiger partial charge in [0.05, 0.1) is 4.90 Å². The molecule has 0 radical (unpaired) electrons. The number of carbonyl (C=O) groups is 1. The molecule has 1 aromatic heterocycles. The van der Waals surface area contributed by atoms with Gasteiger partial charge in [-0.3, -0.25) is 9.48 Å². The van der Waals surface area contributed by atoms with E-state index in [1.54, 1.807) is 48.3 Å². The first-order valence-electron chi connectivity index (χ1n) is 8.23. The van der Waals surface area contributed by atoms with Crippen molar-refractivity contribution in [2.45, 2.75) is 24.7 Å². The third-order valence-corrected chi connectivity index (χ3v) is 6.36. The molecule has 1 aromatic carbocycles. The summed E-state index contributed by atoms with van der Waals surface area (Å²) in [7, 11) is -1.72. The number of amides is 1. The van der Waals surface area contributed by atoms with Crippen LogP contribution in [0.2, 0.25) is 0 Å². The Bertz CT molecular complexity index is 850. The van der Waals surface area contributed by atoms with Gasteiger partial charge < -0.3 is 5.32 Å². The second-order valence-corrected chi connectivity index (χ2v) is 8.29. The van der Waals surface area contributed by atoms with Crippen molar-refractivity contribution in [3.05, 3.63) is 42.1 Å². The monoisotopic (exact) mass is 362 g/mol. The van der Waals surface area contributed by atoms with Gasteiger partial charge in [0, 0.05) is 38.3 Å². The van der Waals surface area contributed by atoms with Gasteiger partial charge in [0.15, 0.2) is 5.82 Å². The maximum absolute atomic E-state index is 12.7. The van der Waals surface area contributed by atoms with Gasteiger partial charge in [0.25, 0.3) is 0 Å². The van der Waals surface area contributed by atoms with E-state index >= 15 is 0 Å². The number of piperidine rings is 1. The lowest BCUT2D eigenvalue weighted by Gasteiger charge is -2.30. The minimum atomic E-state index is -3.50. The molecule has 1 fully saturated rings. The molecule has 0 saturated carbocycles. The number of hydrogen-bond acceptors (Lipinski definition) is 4. The van der Waals surface area contributed by atoms with Crippen molar-refractivity contribution in [2.24, 2.45) is 13.0 Å². The Balaban J connectivity index is 1.61. The molecule has 2 heterocycles. The maximum Gasteiger partial charge on any atom is 0.243 e.